The summed E-state index contributed by atoms with van der Waals surface area (Å²) in [6.45, 7) is 4.85. The number of anilines is 2. The predicted molar refractivity (Wildman–Crippen MR) is 121 cm³/mol. The minimum atomic E-state index is -0.493. The van der Waals surface area contributed by atoms with Crippen LogP contribution in [0.2, 0.25) is 0 Å². The number of carbonyl (C=O) groups excluding carboxylic acids is 1. The summed E-state index contributed by atoms with van der Waals surface area (Å²) in [5, 5.41) is 5.89. The molecule has 0 bridgehead atoms. The van der Waals surface area contributed by atoms with Crippen molar-refractivity contribution >= 4 is 17.3 Å². The molecule has 0 aromatic heterocycles. The van der Waals surface area contributed by atoms with Crippen molar-refractivity contribution in [1.82, 2.24) is 0 Å². The fourth-order valence-electron chi connectivity index (χ4n) is 3.00. The zero-order valence-corrected chi connectivity index (χ0v) is 17.8. The smallest absolute Gasteiger partial charge is 0.262 e. The van der Waals surface area contributed by atoms with Crippen LogP contribution in [0.25, 0.3) is 0 Å². The second-order valence-electron chi connectivity index (χ2n) is 6.93. The fraction of sp³-hybridized carbons (Fsp3) is 0.240. The van der Waals surface area contributed by atoms with Crippen LogP contribution in [-0.2, 0) is 17.8 Å². The first-order valence-corrected chi connectivity index (χ1v) is 10.3. The average molecular weight is 423 g/mol. The third kappa shape index (κ3) is 6.47. The van der Waals surface area contributed by atoms with E-state index in [1.54, 1.807) is 18.2 Å². The lowest BCUT2D eigenvalue weighted by Gasteiger charge is -2.14. The Kier molecular flexibility index (Phi) is 7.87. The highest BCUT2D eigenvalue weighted by Crippen LogP contribution is 2.29. The van der Waals surface area contributed by atoms with Gasteiger partial charge in [-0.05, 0) is 60.9 Å². The van der Waals surface area contributed by atoms with Gasteiger partial charge in [-0.3, -0.25) is 4.79 Å². The summed E-state index contributed by atoms with van der Waals surface area (Å²) in [6.07, 6.45) is 1.01. The van der Waals surface area contributed by atoms with Gasteiger partial charge in [0, 0.05) is 12.2 Å². The Bertz CT molecular complexity index is 1010. The van der Waals surface area contributed by atoms with Crippen LogP contribution in [0.1, 0.15) is 25.0 Å². The van der Waals surface area contributed by atoms with Gasteiger partial charge in [0.25, 0.3) is 5.91 Å². The van der Waals surface area contributed by atoms with Gasteiger partial charge in [-0.25, -0.2) is 4.39 Å². The van der Waals surface area contributed by atoms with Gasteiger partial charge in [-0.2, -0.15) is 0 Å². The third-order valence-corrected chi connectivity index (χ3v) is 4.67. The second kappa shape index (κ2) is 11.0. The number of benzene rings is 3. The number of carbonyl (C=O) groups is 1. The van der Waals surface area contributed by atoms with Crippen molar-refractivity contribution in [3.8, 4) is 11.5 Å². The molecule has 0 aliphatic rings. The van der Waals surface area contributed by atoms with E-state index >= 15 is 0 Å². The molecule has 3 aromatic rings. The largest absolute Gasteiger partial charge is 0.490 e. The second-order valence-corrected chi connectivity index (χ2v) is 6.93. The van der Waals surface area contributed by atoms with Crippen molar-refractivity contribution < 1.29 is 18.7 Å². The van der Waals surface area contributed by atoms with Crippen LogP contribution in [0.4, 0.5) is 15.8 Å². The predicted octanol–water partition coefficient (Wildman–Crippen LogP) is 5.42. The van der Waals surface area contributed by atoms with E-state index in [2.05, 4.69) is 41.8 Å². The van der Waals surface area contributed by atoms with E-state index in [0.29, 0.717) is 24.7 Å². The minimum Gasteiger partial charge on any atom is -0.490 e. The quantitative estimate of drug-likeness (QED) is 0.458. The molecule has 162 valence electrons. The Morgan fingerprint density at radius 3 is 2.35 bits per heavy atom. The molecule has 6 heteroatoms. The highest BCUT2D eigenvalue weighted by Gasteiger charge is 2.11. The Morgan fingerprint density at radius 2 is 1.65 bits per heavy atom. The summed E-state index contributed by atoms with van der Waals surface area (Å²) in [5.74, 6) is 0.0734. The van der Waals surface area contributed by atoms with E-state index in [-0.39, 0.29) is 12.3 Å². The van der Waals surface area contributed by atoms with Crippen LogP contribution in [-0.4, -0.2) is 19.1 Å². The first kappa shape index (κ1) is 22.2. The molecule has 0 spiro atoms. The highest BCUT2D eigenvalue weighted by molar-refractivity contribution is 5.92. The lowest BCUT2D eigenvalue weighted by atomic mass is 10.1. The SMILES string of the molecule is CCOc1cc(CNc2ccc(CC)cc2)ccc1OCC(=O)Nc1ccccc1F. The molecule has 3 aromatic carbocycles. The summed E-state index contributed by atoms with van der Waals surface area (Å²) in [4.78, 5) is 12.1. The van der Waals surface area contributed by atoms with E-state index in [1.165, 1.54) is 17.7 Å². The number of hydrogen-bond donors (Lipinski definition) is 2. The molecule has 31 heavy (non-hydrogen) atoms. The van der Waals surface area contributed by atoms with Crippen molar-refractivity contribution in [2.75, 3.05) is 23.8 Å². The van der Waals surface area contributed by atoms with Crippen molar-refractivity contribution in [3.05, 3.63) is 83.7 Å². The fourth-order valence-corrected chi connectivity index (χ4v) is 3.00. The van der Waals surface area contributed by atoms with Gasteiger partial charge < -0.3 is 20.1 Å². The van der Waals surface area contributed by atoms with Crippen LogP contribution in [0.3, 0.4) is 0 Å². The number of halogens is 1. The van der Waals surface area contributed by atoms with Gasteiger partial charge in [0.05, 0.1) is 12.3 Å². The molecule has 0 atom stereocenters. The monoisotopic (exact) mass is 422 g/mol. The molecule has 5 nitrogen and oxygen atoms in total. The van der Waals surface area contributed by atoms with Crippen molar-refractivity contribution in [2.24, 2.45) is 0 Å². The van der Waals surface area contributed by atoms with Crippen LogP contribution in [0, 0.1) is 5.82 Å². The first-order valence-electron chi connectivity index (χ1n) is 10.3. The maximum atomic E-state index is 13.7. The standard InChI is InChI=1S/C25H27FN2O3/c1-3-18-9-12-20(13-10-18)27-16-19-11-14-23(24(15-19)30-4-2)31-17-25(29)28-22-8-6-5-7-21(22)26/h5-15,27H,3-4,16-17H2,1-2H3,(H,28,29). The first-order chi connectivity index (χ1) is 15.1. The van der Waals surface area contributed by atoms with Gasteiger partial charge in [-0.15, -0.1) is 0 Å². The number of ether oxygens (including phenoxy) is 2. The summed E-state index contributed by atoms with van der Waals surface area (Å²) < 4.78 is 25.0. The van der Waals surface area contributed by atoms with E-state index in [9.17, 15) is 9.18 Å². The zero-order valence-electron chi connectivity index (χ0n) is 17.8. The van der Waals surface area contributed by atoms with Crippen molar-refractivity contribution in [3.63, 3.8) is 0 Å². The summed E-state index contributed by atoms with van der Waals surface area (Å²) in [6, 6.07) is 19.9. The summed E-state index contributed by atoms with van der Waals surface area (Å²) in [7, 11) is 0. The minimum absolute atomic E-state index is 0.120. The van der Waals surface area contributed by atoms with E-state index in [4.69, 9.17) is 9.47 Å². The van der Waals surface area contributed by atoms with Crippen LogP contribution < -0.4 is 20.1 Å². The molecular formula is C25H27FN2O3. The molecule has 0 saturated carbocycles. The number of hydrogen-bond acceptors (Lipinski definition) is 4. The lowest BCUT2D eigenvalue weighted by Crippen LogP contribution is -2.21. The van der Waals surface area contributed by atoms with Gasteiger partial charge in [0.1, 0.15) is 5.82 Å². The number of rotatable bonds is 10. The Hall–Kier alpha value is -3.54. The molecule has 0 unspecified atom stereocenters. The topological polar surface area (TPSA) is 59.6 Å². The van der Waals surface area contributed by atoms with Crippen LogP contribution in [0.5, 0.6) is 11.5 Å². The highest BCUT2D eigenvalue weighted by atomic mass is 19.1. The molecule has 0 fully saturated rings. The number of amides is 1. The Labute approximate surface area is 182 Å². The molecular weight excluding hydrogens is 395 g/mol. The van der Waals surface area contributed by atoms with Gasteiger partial charge in [0.15, 0.2) is 18.1 Å². The summed E-state index contributed by atoms with van der Waals surface area (Å²) >= 11 is 0. The molecule has 1 amide bonds. The van der Waals surface area contributed by atoms with Gasteiger partial charge in [-0.1, -0.05) is 37.3 Å². The number of nitrogens with one attached hydrogen (secondary N) is 2. The van der Waals surface area contributed by atoms with E-state index in [1.807, 2.05) is 19.1 Å². The average Bonchev–Trinajstić information content (AvgIpc) is 2.79. The molecule has 0 aliphatic heterocycles. The molecule has 0 heterocycles. The molecule has 0 saturated heterocycles. The normalized spacial score (nSPS) is 10.4. The zero-order chi connectivity index (χ0) is 22.1. The Morgan fingerprint density at radius 1 is 0.903 bits per heavy atom. The van der Waals surface area contributed by atoms with Gasteiger partial charge >= 0.3 is 0 Å². The van der Waals surface area contributed by atoms with Crippen molar-refractivity contribution in [1.29, 1.82) is 0 Å². The maximum Gasteiger partial charge on any atom is 0.262 e. The van der Waals surface area contributed by atoms with Crippen LogP contribution in [0.15, 0.2) is 66.7 Å². The summed E-state index contributed by atoms with van der Waals surface area (Å²) in [5.41, 5.74) is 3.48. The maximum absolute atomic E-state index is 13.7. The number of para-hydroxylation sites is 1. The molecule has 2 N–H and O–H groups in total. The molecule has 0 aliphatic carbocycles. The molecule has 0 radical (unpaired) electrons. The Balaban J connectivity index is 1.60. The lowest BCUT2D eigenvalue weighted by molar-refractivity contribution is -0.118. The van der Waals surface area contributed by atoms with E-state index in [0.717, 1.165) is 17.7 Å². The van der Waals surface area contributed by atoms with Crippen LogP contribution >= 0.6 is 0 Å². The van der Waals surface area contributed by atoms with E-state index < -0.39 is 11.7 Å². The third-order valence-electron chi connectivity index (χ3n) is 4.67. The number of aryl methyl sites for hydroxylation is 1. The van der Waals surface area contributed by atoms with Gasteiger partial charge in [0.2, 0.25) is 0 Å². The van der Waals surface area contributed by atoms with Crippen molar-refractivity contribution in [2.45, 2.75) is 26.8 Å². The molecule has 3 rings (SSSR count).